The molecule has 164 valence electrons. The molecule has 3 rings (SSSR count). The summed E-state index contributed by atoms with van der Waals surface area (Å²) in [5, 5.41) is 10.0. The molecule has 7 heteroatoms. The third kappa shape index (κ3) is 5.22. The van der Waals surface area contributed by atoms with Gasteiger partial charge in [-0.3, -0.25) is 9.69 Å². The fraction of sp³-hybridized carbons (Fsp3) is 0.375. The summed E-state index contributed by atoms with van der Waals surface area (Å²) in [5.74, 6) is 1.20. The number of rotatable bonds is 7. The van der Waals surface area contributed by atoms with Crippen LogP contribution in [0.5, 0.6) is 11.5 Å². The van der Waals surface area contributed by atoms with Gasteiger partial charge in [-0.2, -0.15) is 0 Å². The molecule has 0 N–H and O–H groups in total. The van der Waals surface area contributed by atoms with Gasteiger partial charge in [-0.05, 0) is 35.6 Å². The molecule has 0 aliphatic rings. The zero-order valence-corrected chi connectivity index (χ0v) is 19.7. The second-order valence-electron chi connectivity index (χ2n) is 8.22. The maximum Gasteiger partial charge on any atom is 0.233 e. The highest BCUT2D eigenvalue weighted by Gasteiger charge is 2.20. The second-order valence-corrected chi connectivity index (χ2v) is 9.18. The first kappa shape index (κ1) is 22.7. The number of ether oxygens (including phenoxy) is 2. The molecule has 0 saturated heterocycles. The maximum atomic E-state index is 13.0. The Morgan fingerprint density at radius 2 is 1.68 bits per heavy atom. The highest BCUT2D eigenvalue weighted by molar-refractivity contribution is 7.18. The second kappa shape index (κ2) is 9.47. The fourth-order valence-electron chi connectivity index (χ4n) is 3.23. The van der Waals surface area contributed by atoms with Crippen LogP contribution >= 0.6 is 11.3 Å². The van der Waals surface area contributed by atoms with E-state index in [9.17, 15) is 4.79 Å². The van der Waals surface area contributed by atoms with Crippen molar-refractivity contribution in [3.05, 3.63) is 53.6 Å². The van der Waals surface area contributed by atoms with E-state index in [1.165, 1.54) is 16.9 Å². The number of aromatic nitrogens is 2. The van der Waals surface area contributed by atoms with Gasteiger partial charge in [0.25, 0.3) is 0 Å². The molecule has 0 aliphatic heterocycles. The number of methoxy groups -OCH3 is 2. The van der Waals surface area contributed by atoms with Crippen molar-refractivity contribution in [3.8, 4) is 22.1 Å². The van der Waals surface area contributed by atoms with E-state index < -0.39 is 0 Å². The molecule has 31 heavy (non-hydrogen) atoms. The Morgan fingerprint density at radius 3 is 2.26 bits per heavy atom. The average molecular weight is 440 g/mol. The Kier molecular flexibility index (Phi) is 6.95. The predicted molar refractivity (Wildman–Crippen MR) is 125 cm³/mol. The fourth-order valence-corrected chi connectivity index (χ4v) is 4.16. The number of carbonyl (C=O) groups excluding carboxylic acids is 1. The Balaban J connectivity index is 1.77. The van der Waals surface area contributed by atoms with Crippen molar-refractivity contribution < 1.29 is 14.3 Å². The van der Waals surface area contributed by atoms with Crippen LogP contribution in [-0.2, 0) is 16.6 Å². The van der Waals surface area contributed by atoms with Crippen LogP contribution in [-0.4, -0.2) is 36.9 Å². The van der Waals surface area contributed by atoms with Crippen LogP contribution in [0, 0.1) is 0 Å². The highest BCUT2D eigenvalue weighted by atomic mass is 32.1. The lowest BCUT2D eigenvalue weighted by atomic mass is 9.87. The van der Waals surface area contributed by atoms with E-state index in [2.05, 4.69) is 55.2 Å². The summed E-state index contributed by atoms with van der Waals surface area (Å²) in [6, 6.07) is 13.9. The summed E-state index contributed by atoms with van der Waals surface area (Å²) in [6.45, 7) is 9.02. The number of carbonyl (C=O) groups is 1. The number of hydrogen-bond acceptors (Lipinski definition) is 6. The van der Waals surface area contributed by atoms with Crippen molar-refractivity contribution in [3.63, 3.8) is 0 Å². The molecule has 0 bridgehead atoms. The van der Waals surface area contributed by atoms with Crippen molar-refractivity contribution in [1.29, 1.82) is 0 Å². The van der Waals surface area contributed by atoms with E-state index >= 15 is 0 Å². The van der Waals surface area contributed by atoms with Gasteiger partial charge < -0.3 is 9.47 Å². The first-order valence-electron chi connectivity index (χ1n) is 10.2. The zero-order chi connectivity index (χ0) is 22.6. The lowest BCUT2D eigenvalue weighted by Crippen LogP contribution is -2.31. The minimum atomic E-state index is -0.0412. The molecule has 0 aliphatic carbocycles. The van der Waals surface area contributed by atoms with E-state index in [1.54, 1.807) is 19.1 Å². The van der Waals surface area contributed by atoms with Crippen LogP contribution in [0.3, 0.4) is 0 Å². The van der Waals surface area contributed by atoms with Gasteiger partial charge in [0.15, 0.2) is 11.5 Å². The van der Waals surface area contributed by atoms with Gasteiger partial charge >= 0.3 is 0 Å². The van der Waals surface area contributed by atoms with E-state index in [4.69, 9.17) is 9.47 Å². The van der Waals surface area contributed by atoms with Gasteiger partial charge in [-0.25, -0.2) is 0 Å². The van der Waals surface area contributed by atoms with Crippen LogP contribution in [0.15, 0.2) is 42.5 Å². The third-order valence-corrected chi connectivity index (χ3v) is 6.06. The first-order valence-corrected chi connectivity index (χ1v) is 11.0. The van der Waals surface area contributed by atoms with E-state index in [0.29, 0.717) is 23.2 Å². The number of likely N-dealkylation sites (N-methyl/N-ethyl adjacent to an activating group) is 1. The van der Waals surface area contributed by atoms with E-state index in [0.717, 1.165) is 16.1 Å². The van der Waals surface area contributed by atoms with Crippen LogP contribution < -0.4 is 14.4 Å². The number of nitrogens with zero attached hydrogens (tertiary/aromatic N) is 3. The van der Waals surface area contributed by atoms with E-state index in [1.807, 2.05) is 25.1 Å². The first-order chi connectivity index (χ1) is 14.8. The summed E-state index contributed by atoms with van der Waals surface area (Å²) in [5.41, 5.74) is 3.21. The SMILES string of the molecule is CCN(C(=O)Cc1ccc(OC)c(OC)c1)c1nnc(-c2ccc(C(C)(C)C)cc2)s1. The Labute approximate surface area is 187 Å². The van der Waals surface area contributed by atoms with Gasteiger partial charge in [0.2, 0.25) is 11.0 Å². The van der Waals surface area contributed by atoms with Gasteiger partial charge in [-0.1, -0.05) is 62.4 Å². The Morgan fingerprint density at radius 1 is 1.00 bits per heavy atom. The quantitative estimate of drug-likeness (QED) is 0.511. The molecular formula is C24H29N3O3S. The highest BCUT2D eigenvalue weighted by Crippen LogP contribution is 2.32. The molecule has 6 nitrogen and oxygen atoms in total. The molecule has 1 aromatic heterocycles. The average Bonchev–Trinajstić information content (AvgIpc) is 3.23. The van der Waals surface area contributed by atoms with Crippen LogP contribution in [0.2, 0.25) is 0 Å². The van der Waals surface area contributed by atoms with Crippen molar-refractivity contribution in [2.45, 2.75) is 39.5 Å². The Hall–Kier alpha value is -2.93. The smallest absolute Gasteiger partial charge is 0.233 e. The van der Waals surface area contributed by atoms with Crippen molar-refractivity contribution in [2.24, 2.45) is 0 Å². The molecule has 1 heterocycles. The molecule has 0 spiro atoms. The summed E-state index contributed by atoms with van der Waals surface area (Å²) >= 11 is 1.42. The summed E-state index contributed by atoms with van der Waals surface area (Å²) in [6.07, 6.45) is 0.239. The summed E-state index contributed by atoms with van der Waals surface area (Å²) in [7, 11) is 3.17. The molecule has 2 aromatic carbocycles. The molecule has 1 amide bonds. The monoisotopic (exact) mass is 439 g/mol. The molecule has 3 aromatic rings. The summed E-state index contributed by atoms with van der Waals surface area (Å²) < 4.78 is 10.6. The molecule has 0 unspecified atom stereocenters. The lowest BCUT2D eigenvalue weighted by Gasteiger charge is -2.18. The van der Waals surface area contributed by atoms with Gasteiger partial charge in [0.05, 0.1) is 20.6 Å². The molecule has 0 saturated carbocycles. The molecule has 0 fully saturated rings. The summed E-state index contributed by atoms with van der Waals surface area (Å²) in [4.78, 5) is 14.7. The van der Waals surface area contributed by atoms with Crippen LogP contribution in [0.25, 0.3) is 10.6 Å². The lowest BCUT2D eigenvalue weighted by molar-refractivity contribution is -0.117. The third-order valence-electron chi connectivity index (χ3n) is 5.06. The van der Waals surface area contributed by atoms with Gasteiger partial charge in [0.1, 0.15) is 5.01 Å². The van der Waals surface area contributed by atoms with Crippen LogP contribution in [0.1, 0.15) is 38.8 Å². The molecule has 0 radical (unpaired) electrons. The number of benzene rings is 2. The van der Waals surface area contributed by atoms with Gasteiger partial charge in [-0.15, -0.1) is 10.2 Å². The Bertz CT molecular complexity index is 1040. The number of anilines is 1. The van der Waals surface area contributed by atoms with Crippen LogP contribution in [0.4, 0.5) is 5.13 Å². The predicted octanol–water partition coefficient (Wildman–Crippen LogP) is 5.12. The minimum Gasteiger partial charge on any atom is -0.493 e. The largest absolute Gasteiger partial charge is 0.493 e. The topological polar surface area (TPSA) is 64.6 Å². The number of hydrogen-bond donors (Lipinski definition) is 0. The molecular weight excluding hydrogens is 410 g/mol. The minimum absolute atomic E-state index is 0.0412. The standard InChI is InChI=1S/C24H29N3O3S/c1-7-27(21(28)15-16-8-13-19(29-5)20(14-16)30-6)23-26-25-22(31-23)17-9-11-18(12-10-17)24(2,3)4/h8-14H,7,15H2,1-6H3. The van der Waals surface area contributed by atoms with Gasteiger partial charge in [0, 0.05) is 12.1 Å². The van der Waals surface area contributed by atoms with Crippen molar-refractivity contribution in [1.82, 2.24) is 10.2 Å². The number of amides is 1. The van der Waals surface area contributed by atoms with Crippen molar-refractivity contribution in [2.75, 3.05) is 25.7 Å². The van der Waals surface area contributed by atoms with E-state index in [-0.39, 0.29) is 17.7 Å². The zero-order valence-electron chi connectivity index (χ0n) is 18.9. The normalized spacial score (nSPS) is 11.3. The molecule has 0 atom stereocenters. The van der Waals surface area contributed by atoms with Crippen molar-refractivity contribution >= 4 is 22.4 Å². The maximum absolute atomic E-state index is 13.0.